The van der Waals surface area contributed by atoms with Gasteiger partial charge in [0.05, 0.1) is 24.4 Å². The van der Waals surface area contributed by atoms with E-state index < -0.39 is 0 Å². The smallest absolute Gasteiger partial charge is 0.300 e. The quantitative estimate of drug-likeness (QED) is 0.657. The zero-order valence-corrected chi connectivity index (χ0v) is 15.0. The number of benzene rings is 1. The van der Waals surface area contributed by atoms with Crippen LogP contribution in [0.2, 0.25) is 0 Å². The molecule has 0 unspecified atom stereocenters. The molecule has 1 aromatic carbocycles. The van der Waals surface area contributed by atoms with Crippen molar-refractivity contribution in [3.63, 3.8) is 0 Å². The number of hydrogen-bond donors (Lipinski definition) is 0. The molecule has 0 spiro atoms. The molecule has 3 aromatic rings. The summed E-state index contributed by atoms with van der Waals surface area (Å²) in [5.74, 6) is 0.863. The number of thiazole rings is 1. The average molecular weight is 358 g/mol. The van der Waals surface area contributed by atoms with E-state index >= 15 is 0 Å². The molecule has 0 saturated carbocycles. The van der Waals surface area contributed by atoms with Crippen molar-refractivity contribution in [3.05, 3.63) is 47.5 Å². The lowest BCUT2D eigenvalue weighted by molar-refractivity contribution is 0.0992. The van der Waals surface area contributed by atoms with Crippen LogP contribution in [-0.4, -0.2) is 34.5 Å². The molecule has 0 bridgehead atoms. The Morgan fingerprint density at radius 2 is 2.08 bits per heavy atom. The molecule has 0 aliphatic carbocycles. The van der Waals surface area contributed by atoms with Gasteiger partial charge in [-0.2, -0.15) is 10.1 Å². The molecule has 0 fully saturated rings. The van der Waals surface area contributed by atoms with Crippen molar-refractivity contribution < 1.29 is 14.3 Å². The lowest BCUT2D eigenvalue weighted by atomic mass is 10.3. The highest BCUT2D eigenvalue weighted by Gasteiger charge is 2.14. The molecule has 0 atom stereocenters. The van der Waals surface area contributed by atoms with Gasteiger partial charge < -0.3 is 14.0 Å². The number of aryl methyl sites for hydroxylation is 1. The minimum absolute atomic E-state index is 0.306. The second-order valence-corrected chi connectivity index (χ2v) is 6.26. The number of rotatable bonds is 5. The summed E-state index contributed by atoms with van der Waals surface area (Å²) < 4.78 is 15.1. The number of amides is 1. The first-order valence-electron chi connectivity index (χ1n) is 7.52. The third-order valence-electron chi connectivity index (χ3n) is 3.63. The van der Waals surface area contributed by atoms with Crippen LogP contribution in [0, 0.1) is 0 Å². The minimum atomic E-state index is -0.385. The summed E-state index contributed by atoms with van der Waals surface area (Å²) in [6, 6.07) is 5.39. The van der Waals surface area contributed by atoms with E-state index in [2.05, 4.69) is 16.7 Å². The van der Waals surface area contributed by atoms with Crippen LogP contribution in [0.15, 0.2) is 42.0 Å². The van der Waals surface area contributed by atoms with Crippen molar-refractivity contribution in [2.45, 2.75) is 6.54 Å². The second-order valence-electron chi connectivity index (χ2n) is 5.25. The predicted molar refractivity (Wildman–Crippen MR) is 96.2 cm³/mol. The second kappa shape index (κ2) is 6.94. The van der Waals surface area contributed by atoms with E-state index in [1.54, 1.807) is 44.3 Å². The fourth-order valence-corrected chi connectivity index (χ4v) is 3.51. The van der Waals surface area contributed by atoms with Gasteiger partial charge in [-0.25, -0.2) is 0 Å². The van der Waals surface area contributed by atoms with E-state index in [1.807, 2.05) is 16.7 Å². The molecule has 2 aromatic heterocycles. The molecule has 8 heteroatoms. The van der Waals surface area contributed by atoms with Crippen LogP contribution in [0.5, 0.6) is 11.5 Å². The van der Waals surface area contributed by atoms with Gasteiger partial charge >= 0.3 is 0 Å². The van der Waals surface area contributed by atoms with Crippen LogP contribution < -0.4 is 14.3 Å². The third-order valence-corrected chi connectivity index (χ3v) is 4.67. The van der Waals surface area contributed by atoms with Gasteiger partial charge in [0.2, 0.25) is 0 Å². The van der Waals surface area contributed by atoms with E-state index in [9.17, 15) is 4.79 Å². The molecular weight excluding hydrogens is 340 g/mol. The predicted octanol–water partition coefficient (Wildman–Crippen LogP) is 2.38. The van der Waals surface area contributed by atoms with E-state index in [-0.39, 0.29) is 5.91 Å². The minimum Gasteiger partial charge on any atom is -0.493 e. The molecule has 0 aliphatic heterocycles. The SMILES string of the molecule is C=CCn1c(=NC(=O)c2ccn(C)n2)sc2cc(OC)c(OC)cc21. The number of nitrogens with zero attached hydrogens (tertiary/aromatic N) is 4. The normalized spacial score (nSPS) is 11.7. The van der Waals surface area contributed by atoms with Gasteiger partial charge in [-0.3, -0.25) is 9.48 Å². The zero-order chi connectivity index (χ0) is 18.0. The molecule has 3 rings (SSSR count). The summed E-state index contributed by atoms with van der Waals surface area (Å²) in [6.45, 7) is 4.30. The largest absolute Gasteiger partial charge is 0.493 e. The number of hydrogen-bond acceptors (Lipinski definition) is 5. The molecule has 7 nitrogen and oxygen atoms in total. The van der Waals surface area contributed by atoms with Crippen LogP contribution in [0.3, 0.4) is 0 Å². The Balaban J connectivity index is 2.19. The first kappa shape index (κ1) is 17.0. The van der Waals surface area contributed by atoms with Crippen molar-refractivity contribution in [2.24, 2.45) is 12.0 Å². The summed E-state index contributed by atoms with van der Waals surface area (Å²) in [5.41, 5.74) is 1.20. The Kier molecular flexibility index (Phi) is 4.71. The Hall–Kier alpha value is -2.87. The van der Waals surface area contributed by atoms with Crippen LogP contribution in [-0.2, 0) is 13.6 Å². The van der Waals surface area contributed by atoms with Crippen LogP contribution >= 0.6 is 11.3 Å². The van der Waals surface area contributed by atoms with E-state index in [0.717, 1.165) is 10.2 Å². The zero-order valence-electron chi connectivity index (χ0n) is 14.2. The Morgan fingerprint density at radius 1 is 1.36 bits per heavy atom. The van der Waals surface area contributed by atoms with Gasteiger partial charge in [-0.05, 0) is 6.07 Å². The maximum Gasteiger partial charge on any atom is 0.300 e. The molecule has 0 aliphatic rings. The molecule has 1 amide bonds. The van der Waals surface area contributed by atoms with Crippen molar-refractivity contribution in [2.75, 3.05) is 14.2 Å². The first-order valence-corrected chi connectivity index (χ1v) is 8.34. The summed E-state index contributed by atoms with van der Waals surface area (Å²) in [7, 11) is 4.93. The summed E-state index contributed by atoms with van der Waals surface area (Å²) in [4.78, 5) is 17.2. The molecular formula is C17H18N4O3S. The van der Waals surface area contributed by atoms with Gasteiger partial charge in [-0.15, -0.1) is 6.58 Å². The number of ether oxygens (including phenoxy) is 2. The van der Waals surface area contributed by atoms with Crippen molar-refractivity contribution in [1.29, 1.82) is 0 Å². The van der Waals surface area contributed by atoms with Gasteiger partial charge in [0.25, 0.3) is 5.91 Å². The third kappa shape index (κ3) is 3.20. The number of aromatic nitrogens is 3. The fourth-order valence-electron chi connectivity index (χ4n) is 2.46. The van der Waals surface area contributed by atoms with Gasteiger partial charge in [0, 0.05) is 31.9 Å². The molecule has 0 saturated heterocycles. The molecule has 25 heavy (non-hydrogen) atoms. The maximum atomic E-state index is 12.4. The summed E-state index contributed by atoms with van der Waals surface area (Å²) in [5, 5.41) is 4.10. The van der Waals surface area contributed by atoms with E-state index in [0.29, 0.717) is 28.5 Å². The highest BCUT2D eigenvalue weighted by Crippen LogP contribution is 2.33. The van der Waals surface area contributed by atoms with Crippen LogP contribution in [0.1, 0.15) is 10.5 Å². The highest BCUT2D eigenvalue weighted by atomic mass is 32.1. The van der Waals surface area contributed by atoms with Crippen LogP contribution in [0.25, 0.3) is 10.2 Å². The monoisotopic (exact) mass is 358 g/mol. The lowest BCUT2D eigenvalue weighted by Gasteiger charge is -2.08. The van der Waals surface area contributed by atoms with Gasteiger partial charge in [0.1, 0.15) is 0 Å². The standard InChI is InChI=1S/C17H18N4O3S/c1-5-7-21-12-9-13(23-3)14(24-4)10-15(12)25-17(21)18-16(22)11-6-8-20(2)19-11/h5-6,8-10H,1,7H2,2-4H3. The molecule has 130 valence electrons. The van der Waals surface area contributed by atoms with E-state index in [1.165, 1.54) is 11.3 Å². The lowest BCUT2D eigenvalue weighted by Crippen LogP contribution is -2.16. The topological polar surface area (TPSA) is 70.6 Å². The van der Waals surface area contributed by atoms with Crippen molar-refractivity contribution in [3.8, 4) is 11.5 Å². The summed E-state index contributed by atoms with van der Waals surface area (Å²) in [6.07, 6.45) is 3.47. The molecule has 2 heterocycles. The fraction of sp³-hybridized carbons (Fsp3) is 0.235. The van der Waals surface area contributed by atoms with E-state index in [4.69, 9.17) is 9.47 Å². The van der Waals surface area contributed by atoms with Crippen molar-refractivity contribution in [1.82, 2.24) is 14.3 Å². The summed E-state index contributed by atoms with van der Waals surface area (Å²) >= 11 is 1.40. The number of carbonyl (C=O) groups is 1. The van der Waals surface area contributed by atoms with Crippen LogP contribution in [0.4, 0.5) is 0 Å². The van der Waals surface area contributed by atoms with Gasteiger partial charge in [-0.1, -0.05) is 17.4 Å². The number of allylic oxidation sites excluding steroid dienone is 1. The maximum absolute atomic E-state index is 12.4. The number of carbonyl (C=O) groups excluding carboxylic acids is 1. The van der Waals surface area contributed by atoms with Crippen molar-refractivity contribution >= 4 is 27.5 Å². The first-order chi connectivity index (χ1) is 12.1. The number of fused-ring (bicyclic) bond motifs is 1. The Bertz CT molecular complexity index is 1010. The van der Waals surface area contributed by atoms with Gasteiger partial charge in [0.15, 0.2) is 22.0 Å². The molecule has 0 N–H and O–H groups in total. The Morgan fingerprint density at radius 3 is 2.68 bits per heavy atom. The molecule has 0 radical (unpaired) electrons. The number of methoxy groups -OCH3 is 2. The Labute approximate surface area is 148 Å². The highest BCUT2D eigenvalue weighted by molar-refractivity contribution is 7.16. The average Bonchev–Trinajstić information content (AvgIpc) is 3.18.